The minimum absolute atomic E-state index is 0.0286. The molecular formula is C20H23NO5. The second kappa shape index (κ2) is 8.89. The summed E-state index contributed by atoms with van der Waals surface area (Å²) < 4.78 is 10.5. The van der Waals surface area contributed by atoms with Gasteiger partial charge in [-0.2, -0.15) is 0 Å². The van der Waals surface area contributed by atoms with Crippen molar-refractivity contribution in [2.75, 3.05) is 20.2 Å². The number of ether oxygens (including phenoxy) is 2. The zero-order valence-corrected chi connectivity index (χ0v) is 15.1. The summed E-state index contributed by atoms with van der Waals surface area (Å²) in [6.07, 6.45) is -1.08. The fraction of sp³-hybridized carbons (Fsp3) is 0.300. The van der Waals surface area contributed by atoms with Gasteiger partial charge in [0, 0.05) is 24.7 Å². The molecule has 1 amide bonds. The molecular weight excluding hydrogens is 334 g/mol. The van der Waals surface area contributed by atoms with Gasteiger partial charge in [-0.3, -0.25) is 4.79 Å². The SMILES string of the molecule is CCN(CC)C(=O)[C@@H](OC(=O)c1ccc(OC)cc1O)c1ccccc1. The molecule has 0 aliphatic heterocycles. The summed E-state index contributed by atoms with van der Waals surface area (Å²) in [6, 6.07) is 13.1. The summed E-state index contributed by atoms with van der Waals surface area (Å²) in [7, 11) is 1.46. The number of likely N-dealkylation sites (N-methyl/N-ethyl adjacent to an activating group) is 1. The Balaban J connectivity index is 2.32. The minimum atomic E-state index is -1.08. The molecule has 0 aliphatic carbocycles. The number of amides is 1. The largest absolute Gasteiger partial charge is 0.507 e. The molecule has 0 saturated carbocycles. The topological polar surface area (TPSA) is 76.1 Å². The minimum Gasteiger partial charge on any atom is -0.507 e. The van der Waals surface area contributed by atoms with Crippen LogP contribution >= 0.6 is 0 Å². The van der Waals surface area contributed by atoms with Crippen molar-refractivity contribution in [3.05, 3.63) is 59.7 Å². The average Bonchev–Trinajstić information content (AvgIpc) is 2.67. The number of rotatable bonds is 7. The van der Waals surface area contributed by atoms with E-state index in [4.69, 9.17) is 9.47 Å². The van der Waals surface area contributed by atoms with Gasteiger partial charge in [0.05, 0.1) is 7.11 Å². The first-order valence-corrected chi connectivity index (χ1v) is 8.43. The Hall–Kier alpha value is -3.02. The first-order chi connectivity index (χ1) is 12.5. The zero-order chi connectivity index (χ0) is 19.1. The van der Waals surface area contributed by atoms with Crippen LogP contribution in [0.15, 0.2) is 48.5 Å². The van der Waals surface area contributed by atoms with E-state index in [1.807, 2.05) is 19.9 Å². The Morgan fingerprint density at radius 2 is 1.73 bits per heavy atom. The number of hydrogen-bond acceptors (Lipinski definition) is 5. The van der Waals surface area contributed by atoms with Crippen molar-refractivity contribution < 1.29 is 24.2 Å². The van der Waals surface area contributed by atoms with Gasteiger partial charge >= 0.3 is 5.97 Å². The van der Waals surface area contributed by atoms with Gasteiger partial charge in [-0.1, -0.05) is 30.3 Å². The quantitative estimate of drug-likeness (QED) is 0.770. The fourth-order valence-electron chi connectivity index (χ4n) is 2.57. The number of hydrogen-bond donors (Lipinski definition) is 1. The van der Waals surface area contributed by atoms with Crippen LogP contribution in [-0.4, -0.2) is 42.1 Å². The molecule has 26 heavy (non-hydrogen) atoms. The molecule has 0 unspecified atom stereocenters. The van der Waals surface area contributed by atoms with Crippen molar-refractivity contribution in [1.82, 2.24) is 4.90 Å². The lowest BCUT2D eigenvalue weighted by atomic mass is 10.1. The molecule has 0 saturated heterocycles. The third-order valence-corrected chi connectivity index (χ3v) is 4.05. The van der Waals surface area contributed by atoms with Crippen LogP contribution in [0, 0.1) is 0 Å². The number of benzene rings is 2. The van der Waals surface area contributed by atoms with Crippen LogP contribution < -0.4 is 4.74 Å². The molecule has 0 aromatic heterocycles. The highest BCUT2D eigenvalue weighted by atomic mass is 16.5. The molecule has 2 aromatic rings. The monoisotopic (exact) mass is 357 g/mol. The molecule has 0 heterocycles. The molecule has 0 fully saturated rings. The lowest BCUT2D eigenvalue weighted by molar-refractivity contribution is -0.140. The fourth-order valence-corrected chi connectivity index (χ4v) is 2.57. The number of nitrogens with zero attached hydrogens (tertiary/aromatic N) is 1. The van der Waals surface area contributed by atoms with Crippen LogP contribution in [0.5, 0.6) is 11.5 Å². The smallest absolute Gasteiger partial charge is 0.343 e. The van der Waals surface area contributed by atoms with Crippen LogP contribution in [0.2, 0.25) is 0 Å². The normalized spacial score (nSPS) is 11.5. The van der Waals surface area contributed by atoms with Gasteiger partial charge in [-0.25, -0.2) is 4.79 Å². The van der Waals surface area contributed by atoms with E-state index in [9.17, 15) is 14.7 Å². The van der Waals surface area contributed by atoms with Crippen molar-refractivity contribution in [1.29, 1.82) is 0 Å². The molecule has 6 heteroatoms. The lowest BCUT2D eigenvalue weighted by Crippen LogP contribution is -2.36. The number of carbonyl (C=O) groups is 2. The van der Waals surface area contributed by atoms with E-state index < -0.39 is 12.1 Å². The first kappa shape index (κ1) is 19.3. The highest BCUT2D eigenvalue weighted by molar-refractivity contribution is 5.95. The summed E-state index contributed by atoms with van der Waals surface area (Å²) in [5.41, 5.74) is 0.546. The number of carbonyl (C=O) groups excluding carboxylic acids is 2. The Bertz CT molecular complexity index is 756. The number of phenolic OH excluding ortho intramolecular Hbond substituents is 1. The van der Waals surface area contributed by atoms with Crippen LogP contribution in [-0.2, 0) is 9.53 Å². The number of methoxy groups -OCH3 is 1. The molecule has 138 valence electrons. The standard InChI is InChI=1S/C20H23NO5/c1-4-21(5-2)19(23)18(14-9-7-6-8-10-14)26-20(24)16-12-11-15(25-3)13-17(16)22/h6-13,18,22H,4-5H2,1-3H3/t18-/m0/s1. The Labute approximate surface area is 153 Å². The number of esters is 1. The predicted molar refractivity (Wildman–Crippen MR) is 97.2 cm³/mol. The number of phenols is 1. The van der Waals surface area contributed by atoms with E-state index in [0.717, 1.165) is 0 Å². The Morgan fingerprint density at radius 3 is 2.27 bits per heavy atom. The van der Waals surface area contributed by atoms with E-state index in [2.05, 4.69) is 0 Å². The van der Waals surface area contributed by atoms with E-state index >= 15 is 0 Å². The third-order valence-electron chi connectivity index (χ3n) is 4.05. The van der Waals surface area contributed by atoms with Crippen molar-refractivity contribution in [3.8, 4) is 11.5 Å². The van der Waals surface area contributed by atoms with Crippen molar-refractivity contribution in [2.45, 2.75) is 20.0 Å². The average molecular weight is 357 g/mol. The second-order valence-corrected chi connectivity index (χ2v) is 5.59. The van der Waals surface area contributed by atoms with Gasteiger partial charge in [-0.15, -0.1) is 0 Å². The number of aromatic hydroxyl groups is 1. The summed E-state index contributed by atoms with van der Waals surface area (Å²) in [5, 5.41) is 10.0. The van der Waals surface area contributed by atoms with E-state index in [0.29, 0.717) is 24.4 Å². The van der Waals surface area contributed by atoms with Crippen molar-refractivity contribution in [2.24, 2.45) is 0 Å². The molecule has 2 rings (SSSR count). The lowest BCUT2D eigenvalue weighted by Gasteiger charge is -2.25. The maximum atomic E-state index is 12.8. The molecule has 2 aromatic carbocycles. The van der Waals surface area contributed by atoms with Gasteiger partial charge in [0.15, 0.2) is 0 Å². The predicted octanol–water partition coefficient (Wildman–Crippen LogP) is 3.17. The van der Waals surface area contributed by atoms with Crippen LogP contribution in [0.25, 0.3) is 0 Å². The second-order valence-electron chi connectivity index (χ2n) is 5.59. The van der Waals surface area contributed by atoms with Crippen LogP contribution in [0.4, 0.5) is 0 Å². The summed E-state index contributed by atoms with van der Waals surface area (Å²) in [6.45, 7) is 4.73. The maximum absolute atomic E-state index is 12.8. The Kier molecular flexibility index (Phi) is 6.60. The Morgan fingerprint density at radius 1 is 1.08 bits per heavy atom. The van der Waals surface area contributed by atoms with Gasteiger partial charge in [-0.05, 0) is 26.0 Å². The third kappa shape index (κ3) is 4.33. The summed E-state index contributed by atoms with van der Waals surface area (Å²) in [5.74, 6) is -0.934. The highest BCUT2D eigenvalue weighted by Crippen LogP contribution is 2.27. The highest BCUT2D eigenvalue weighted by Gasteiger charge is 2.29. The molecule has 6 nitrogen and oxygen atoms in total. The molecule has 0 spiro atoms. The van der Waals surface area contributed by atoms with Crippen molar-refractivity contribution in [3.63, 3.8) is 0 Å². The maximum Gasteiger partial charge on any atom is 0.343 e. The summed E-state index contributed by atoms with van der Waals surface area (Å²) in [4.78, 5) is 27.0. The van der Waals surface area contributed by atoms with Crippen LogP contribution in [0.3, 0.4) is 0 Å². The van der Waals surface area contributed by atoms with E-state index in [-0.39, 0.29) is 17.2 Å². The molecule has 0 bridgehead atoms. The van der Waals surface area contributed by atoms with Gasteiger partial charge in [0.1, 0.15) is 17.1 Å². The first-order valence-electron chi connectivity index (χ1n) is 8.43. The molecule has 0 radical (unpaired) electrons. The van der Waals surface area contributed by atoms with Gasteiger partial charge < -0.3 is 19.5 Å². The summed E-state index contributed by atoms with van der Waals surface area (Å²) >= 11 is 0. The molecule has 0 aliphatic rings. The zero-order valence-electron chi connectivity index (χ0n) is 15.1. The van der Waals surface area contributed by atoms with Gasteiger partial charge in [0.25, 0.3) is 5.91 Å². The van der Waals surface area contributed by atoms with E-state index in [1.54, 1.807) is 35.2 Å². The van der Waals surface area contributed by atoms with Crippen molar-refractivity contribution >= 4 is 11.9 Å². The van der Waals surface area contributed by atoms with Gasteiger partial charge in [0.2, 0.25) is 6.10 Å². The van der Waals surface area contributed by atoms with Crippen LogP contribution in [0.1, 0.15) is 35.9 Å². The van der Waals surface area contributed by atoms with E-state index in [1.165, 1.54) is 19.2 Å². The molecule has 1 atom stereocenters. The molecule has 1 N–H and O–H groups in total.